The second kappa shape index (κ2) is 7.97. The summed E-state index contributed by atoms with van der Waals surface area (Å²) >= 11 is 0. The fourth-order valence-electron chi connectivity index (χ4n) is 2.39. The lowest BCUT2D eigenvalue weighted by Gasteiger charge is -2.16. The Balaban J connectivity index is 2.28. The van der Waals surface area contributed by atoms with Crippen molar-refractivity contribution in [3.8, 4) is 0 Å². The third-order valence-corrected chi connectivity index (χ3v) is 7.77. The summed E-state index contributed by atoms with van der Waals surface area (Å²) in [5.74, 6) is 0. The minimum absolute atomic E-state index is 0.199. The van der Waals surface area contributed by atoms with Crippen LogP contribution >= 0.6 is 0 Å². The zero-order valence-electron chi connectivity index (χ0n) is 16.1. The lowest BCUT2D eigenvalue weighted by atomic mass is 10.2. The molecule has 0 atom stereocenters. The van der Waals surface area contributed by atoms with Gasteiger partial charge in [-0.25, -0.2) is 25.4 Å². The number of rotatable bonds is 7. The number of sulfonamides is 2. The molecule has 0 radical (unpaired) electrons. The van der Waals surface area contributed by atoms with Crippen LogP contribution in [0.2, 0.25) is 0 Å². The molecule has 0 fully saturated rings. The molecule has 27 heavy (non-hydrogen) atoms. The summed E-state index contributed by atoms with van der Waals surface area (Å²) in [6.07, 6.45) is 0. The van der Waals surface area contributed by atoms with Crippen molar-refractivity contribution < 1.29 is 16.8 Å². The van der Waals surface area contributed by atoms with Crippen LogP contribution in [-0.2, 0) is 26.6 Å². The van der Waals surface area contributed by atoms with Gasteiger partial charge in [-0.05, 0) is 42.3 Å². The van der Waals surface area contributed by atoms with Crippen molar-refractivity contribution in [1.82, 2.24) is 8.61 Å². The molecule has 148 valence electrons. The van der Waals surface area contributed by atoms with Gasteiger partial charge < -0.3 is 5.32 Å². The fourth-order valence-corrected chi connectivity index (χ4v) is 4.29. The van der Waals surface area contributed by atoms with Crippen molar-refractivity contribution in [3.63, 3.8) is 0 Å². The molecule has 0 aromatic heterocycles. The van der Waals surface area contributed by atoms with Gasteiger partial charge in [0.15, 0.2) is 0 Å². The third kappa shape index (κ3) is 4.67. The van der Waals surface area contributed by atoms with Crippen LogP contribution in [0.1, 0.15) is 11.1 Å². The van der Waals surface area contributed by atoms with Crippen molar-refractivity contribution >= 4 is 25.7 Å². The Labute approximate surface area is 161 Å². The van der Waals surface area contributed by atoms with E-state index in [4.69, 9.17) is 0 Å². The van der Waals surface area contributed by atoms with Crippen LogP contribution in [0.25, 0.3) is 0 Å². The number of nitrogens with one attached hydrogen (secondary N) is 1. The maximum Gasteiger partial charge on any atom is 0.242 e. The lowest BCUT2D eigenvalue weighted by Crippen LogP contribution is -2.22. The molecule has 2 aromatic rings. The highest BCUT2D eigenvalue weighted by Crippen LogP contribution is 2.23. The molecule has 2 rings (SSSR count). The molecule has 0 unspecified atom stereocenters. The summed E-state index contributed by atoms with van der Waals surface area (Å²) in [4.78, 5) is 0.414. The molecule has 0 bridgehead atoms. The molecule has 0 aliphatic rings. The summed E-state index contributed by atoms with van der Waals surface area (Å²) < 4.78 is 51.5. The second-order valence-corrected chi connectivity index (χ2v) is 10.9. The van der Waals surface area contributed by atoms with Gasteiger partial charge in [0.05, 0.1) is 9.79 Å². The van der Waals surface area contributed by atoms with E-state index < -0.39 is 20.0 Å². The van der Waals surface area contributed by atoms with Gasteiger partial charge in [0.1, 0.15) is 0 Å². The van der Waals surface area contributed by atoms with Gasteiger partial charge in [0.25, 0.3) is 0 Å². The van der Waals surface area contributed by atoms with Crippen molar-refractivity contribution in [3.05, 3.63) is 53.6 Å². The summed E-state index contributed by atoms with van der Waals surface area (Å²) in [5.41, 5.74) is 2.35. The first kappa shape index (κ1) is 21.4. The topological polar surface area (TPSA) is 86.8 Å². The minimum Gasteiger partial charge on any atom is -0.381 e. The number of anilines is 1. The van der Waals surface area contributed by atoms with Gasteiger partial charge in [-0.1, -0.05) is 18.2 Å². The van der Waals surface area contributed by atoms with Gasteiger partial charge in [-0.15, -0.1) is 0 Å². The zero-order valence-corrected chi connectivity index (χ0v) is 17.7. The monoisotopic (exact) mass is 411 g/mol. The molecule has 0 aliphatic carbocycles. The van der Waals surface area contributed by atoms with Gasteiger partial charge in [-0.3, -0.25) is 0 Å². The van der Waals surface area contributed by atoms with Crippen LogP contribution in [-0.4, -0.2) is 53.6 Å². The molecule has 0 heterocycles. The number of hydrogen-bond acceptors (Lipinski definition) is 5. The van der Waals surface area contributed by atoms with Gasteiger partial charge in [-0.2, -0.15) is 0 Å². The summed E-state index contributed by atoms with van der Waals surface area (Å²) in [7, 11) is -1.09. The molecule has 0 spiro atoms. The minimum atomic E-state index is -3.53. The quantitative estimate of drug-likeness (QED) is 0.754. The van der Waals surface area contributed by atoms with Crippen LogP contribution in [0, 0.1) is 6.92 Å². The molecule has 0 amide bonds. The van der Waals surface area contributed by atoms with Gasteiger partial charge in [0, 0.05) is 40.4 Å². The standard InChI is InChI=1S/C18H25N3O4S2/c1-14-9-10-17(27(24,25)21(4)5)12-18(14)19-13-15-7-6-8-16(11-15)26(22,23)20(2)3/h6-12,19H,13H2,1-5H3. The van der Waals surface area contributed by atoms with Crippen molar-refractivity contribution in [1.29, 1.82) is 0 Å². The number of nitrogens with zero attached hydrogens (tertiary/aromatic N) is 2. The first-order valence-corrected chi connectivity index (χ1v) is 11.1. The first-order chi connectivity index (χ1) is 12.5. The van der Waals surface area contributed by atoms with Crippen molar-refractivity contribution in [2.75, 3.05) is 33.5 Å². The Bertz CT molecular complexity index is 1030. The molecular formula is C18H25N3O4S2. The number of benzene rings is 2. The average molecular weight is 412 g/mol. The van der Waals surface area contributed by atoms with Crippen LogP contribution < -0.4 is 5.32 Å². The van der Waals surface area contributed by atoms with E-state index in [1.165, 1.54) is 32.5 Å². The molecule has 0 saturated carbocycles. The molecule has 1 N–H and O–H groups in total. The second-order valence-electron chi connectivity index (χ2n) is 6.55. The smallest absolute Gasteiger partial charge is 0.242 e. The highest BCUT2D eigenvalue weighted by Gasteiger charge is 2.19. The highest BCUT2D eigenvalue weighted by atomic mass is 32.2. The maximum absolute atomic E-state index is 12.3. The van der Waals surface area contributed by atoms with Gasteiger partial charge in [0.2, 0.25) is 20.0 Å². The molecule has 0 aliphatic heterocycles. The predicted octanol–water partition coefficient (Wildman–Crippen LogP) is 2.11. The van der Waals surface area contributed by atoms with E-state index in [0.717, 1.165) is 15.4 Å². The van der Waals surface area contributed by atoms with E-state index in [-0.39, 0.29) is 9.79 Å². The van der Waals surface area contributed by atoms with E-state index in [0.29, 0.717) is 12.2 Å². The Hall–Kier alpha value is -1.94. The van der Waals surface area contributed by atoms with Crippen LogP contribution in [0.5, 0.6) is 0 Å². The average Bonchev–Trinajstić information content (AvgIpc) is 2.60. The molecule has 2 aromatic carbocycles. The van der Waals surface area contributed by atoms with Crippen molar-refractivity contribution in [2.45, 2.75) is 23.3 Å². The van der Waals surface area contributed by atoms with E-state index in [2.05, 4.69) is 5.32 Å². The first-order valence-electron chi connectivity index (χ1n) is 8.25. The van der Waals surface area contributed by atoms with E-state index in [1.807, 2.05) is 13.0 Å². The zero-order chi connectivity index (χ0) is 20.4. The van der Waals surface area contributed by atoms with E-state index in [9.17, 15) is 16.8 Å². The largest absolute Gasteiger partial charge is 0.381 e. The van der Waals surface area contributed by atoms with E-state index >= 15 is 0 Å². The Morgan fingerprint density at radius 1 is 0.815 bits per heavy atom. The van der Waals surface area contributed by atoms with Crippen molar-refractivity contribution in [2.24, 2.45) is 0 Å². The van der Waals surface area contributed by atoms with Crippen LogP contribution in [0.15, 0.2) is 52.3 Å². The van der Waals surface area contributed by atoms with Crippen LogP contribution in [0.4, 0.5) is 5.69 Å². The Morgan fingerprint density at radius 2 is 1.37 bits per heavy atom. The molecular weight excluding hydrogens is 386 g/mol. The van der Waals surface area contributed by atoms with Gasteiger partial charge >= 0.3 is 0 Å². The predicted molar refractivity (Wildman–Crippen MR) is 107 cm³/mol. The normalized spacial score (nSPS) is 12.6. The summed E-state index contributed by atoms with van der Waals surface area (Å²) in [6.45, 7) is 2.24. The summed E-state index contributed by atoms with van der Waals surface area (Å²) in [5, 5.41) is 3.20. The SMILES string of the molecule is Cc1ccc(S(=O)(=O)N(C)C)cc1NCc1cccc(S(=O)(=O)N(C)C)c1. The maximum atomic E-state index is 12.3. The fraction of sp³-hybridized carbons (Fsp3) is 0.333. The highest BCUT2D eigenvalue weighted by molar-refractivity contribution is 7.89. The molecule has 9 heteroatoms. The number of aryl methyl sites for hydroxylation is 1. The summed E-state index contributed by atoms with van der Waals surface area (Å²) in [6, 6.07) is 11.6. The lowest BCUT2D eigenvalue weighted by molar-refractivity contribution is 0.519. The van der Waals surface area contributed by atoms with Crippen LogP contribution in [0.3, 0.4) is 0 Å². The Kier molecular flexibility index (Phi) is 6.31. The third-order valence-electron chi connectivity index (χ3n) is 4.15. The van der Waals surface area contributed by atoms with E-state index in [1.54, 1.807) is 36.4 Å². The number of hydrogen-bond donors (Lipinski definition) is 1. The molecule has 7 nitrogen and oxygen atoms in total. The molecule has 0 saturated heterocycles. The Morgan fingerprint density at radius 3 is 1.93 bits per heavy atom.